The Kier molecular flexibility index (Phi) is 6.46. The predicted octanol–water partition coefficient (Wildman–Crippen LogP) is 3.27. The number of anilines is 2. The highest BCUT2D eigenvalue weighted by Crippen LogP contribution is 2.19. The zero-order valence-electron chi connectivity index (χ0n) is 15.8. The zero-order chi connectivity index (χ0) is 20.8. The van der Waals surface area contributed by atoms with Gasteiger partial charge in [-0.25, -0.2) is 4.98 Å². The summed E-state index contributed by atoms with van der Waals surface area (Å²) in [6.07, 6.45) is 1.62. The van der Waals surface area contributed by atoms with Gasteiger partial charge in [0.1, 0.15) is 0 Å². The zero-order valence-corrected chi connectivity index (χ0v) is 16.7. The Balaban J connectivity index is 1.72. The molecule has 0 saturated heterocycles. The maximum Gasteiger partial charge on any atom is 0.262 e. The first-order valence-corrected chi connectivity index (χ1v) is 9.87. The Morgan fingerprint density at radius 3 is 2.41 bits per heavy atom. The van der Waals surface area contributed by atoms with Crippen LogP contribution < -0.4 is 16.2 Å². The van der Waals surface area contributed by atoms with Crippen LogP contribution in [0.5, 0.6) is 0 Å². The highest BCUT2D eigenvalue weighted by molar-refractivity contribution is 7.99. The van der Waals surface area contributed by atoms with Crippen molar-refractivity contribution in [1.82, 2.24) is 9.55 Å². The van der Waals surface area contributed by atoms with E-state index in [-0.39, 0.29) is 23.1 Å². The van der Waals surface area contributed by atoms with E-state index in [2.05, 4.69) is 22.2 Å². The van der Waals surface area contributed by atoms with Gasteiger partial charge in [-0.05, 0) is 36.4 Å². The molecule has 1 aromatic heterocycles. The minimum atomic E-state index is -0.227. The average molecular weight is 408 g/mol. The van der Waals surface area contributed by atoms with Crippen LogP contribution >= 0.6 is 11.8 Å². The van der Waals surface area contributed by atoms with Gasteiger partial charge in [-0.2, -0.15) is 0 Å². The molecule has 1 heterocycles. The van der Waals surface area contributed by atoms with Crippen molar-refractivity contribution in [3.8, 4) is 0 Å². The molecule has 148 valence electrons. The summed E-state index contributed by atoms with van der Waals surface area (Å²) in [6, 6.07) is 13.9. The molecular formula is C21H20N4O3S. The molecule has 7 nitrogen and oxygen atoms in total. The molecule has 0 radical (unpaired) electrons. The Morgan fingerprint density at radius 1 is 1.10 bits per heavy atom. The van der Waals surface area contributed by atoms with Gasteiger partial charge in [0.15, 0.2) is 5.16 Å². The lowest BCUT2D eigenvalue weighted by molar-refractivity contribution is -0.114. The fraction of sp³-hybridized carbons (Fsp3) is 0.143. The molecule has 0 aliphatic heterocycles. The number of thioether (sulfide) groups is 1. The SMILES string of the molecule is C=CCn1c(SCC(=O)Nc2ccc(NC(C)=O)cc2)nc2ccccc2c1=O. The summed E-state index contributed by atoms with van der Waals surface area (Å²) < 4.78 is 1.51. The molecule has 0 aliphatic rings. The van der Waals surface area contributed by atoms with Crippen molar-refractivity contribution in [1.29, 1.82) is 0 Å². The summed E-state index contributed by atoms with van der Waals surface area (Å²) in [7, 11) is 0. The van der Waals surface area contributed by atoms with Gasteiger partial charge in [-0.15, -0.1) is 6.58 Å². The molecule has 29 heavy (non-hydrogen) atoms. The number of benzene rings is 2. The fourth-order valence-corrected chi connectivity index (χ4v) is 3.52. The number of amides is 2. The number of hydrogen-bond acceptors (Lipinski definition) is 5. The van der Waals surface area contributed by atoms with E-state index in [0.717, 1.165) is 0 Å². The second kappa shape index (κ2) is 9.20. The van der Waals surface area contributed by atoms with E-state index in [9.17, 15) is 14.4 Å². The molecule has 0 spiro atoms. The van der Waals surface area contributed by atoms with Crippen molar-refractivity contribution in [3.63, 3.8) is 0 Å². The molecule has 8 heteroatoms. The first-order valence-electron chi connectivity index (χ1n) is 8.88. The number of carbonyl (C=O) groups excluding carboxylic acids is 2. The van der Waals surface area contributed by atoms with Crippen LogP contribution in [0.25, 0.3) is 10.9 Å². The molecule has 0 bridgehead atoms. The Morgan fingerprint density at radius 2 is 1.76 bits per heavy atom. The van der Waals surface area contributed by atoms with Crippen molar-refractivity contribution in [2.24, 2.45) is 0 Å². The van der Waals surface area contributed by atoms with Crippen molar-refractivity contribution in [2.75, 3.05) is 16.4 Å². The molecule has 3 rings (SSSR count). The molecular weight excluding hydrogens is 388 g/mol. The summed E-state index contributed by atoms with van der Waals surface area (Å²) in [5, 5.41) is 6.45. The van der Waals surface area contributed by atoms with Gasteiger partial charge in [0.05, 0.1) is 16.7 Å². The number of fused-ring (bicyclic) bond motifs is 1. The van der Waals surface area contributed by atoms with Crippen LogP contribution in [0.1, 0.15) is 6.92 Å². The second-order valence-corrected chi connectivity index (χ2v) is 7.15. The molecule has 0 fully saturated rings. The van der Waals surface area contributed by atoms with E-state index >= 15 is 0 Å². The highest BCUT2D eigenvalue weighted by Gasteiger charge is 2.12. The van der Waals surface area contributed by atoms with E-state index in [1.165, 1.54) is 23.3 Å². The van der Waals surface area contributed by atoms with E-state index in [0.29, 0.717) is 34.0 Å². The number of nitrogens with zero attached hydrogens (tertiary/aromatic N) is 2. The van der Waals surface area contributed by atoms with Gasteiger partial charge in [-0.3, -0.25) is 19.0 Å². The van der Waals surface area contributed by atoms with Crippen LogP contribution in [0, 0.1) is 0 Å². The first-order chi connectivity index (χ1) is 14.0. The number of nitrogens with one attached hydrogen (secondary N) is 2. The molecule has 0 unspecified atom stereocenters. The minimum absolute atomic E-state index is 0.0926. The summed E-state index contributed by atoms with van der Waals surface area (Å²) >= 11 is 1.19. The summed E-state index contributed by atoms with van der Waals surface area (Å²) in [4.78, 5) is 40.6. The molecule has 3 aromatic rings. The number of para-hydroxylation sites is 1. The third-order valence-electron chi connectivity index (χ3n) is 3.96. The third kappa shape index (κ3) is 5.11. The van der Waals surface area contributed by atoms with Crippen molar-refractivity contribution < 1.29 is 9.59 Å². The molecule has 2 amide bonds. The first kappa shape index (κ1) is 20.3. The van der Waals surface area contributed by atoms with E-state index in [4.69, 9.17) is 0 Å². The highest BCUT2D eigenvalue weighted by atomic mass is 32.2. The molecule has 2 aromatic carbocycles. The summed E-state index contributed by atoms with van der Waals surface area (Å²) in [5.41, 5.74) is 1.69. The van der Waals surface area contributed by atoms with Crippen LogP contribution in [-0.4, -0.2) is 27.1 Å². The van der Waals surface area contributed by atoms with Crippen molar-refractivity contribution >= 4 is 45.9 Å². The monoisotopic (exact) mass is 408 g/mol. The minimum Gasteiger partial charge on any atom is -0.326 e. The third-order valence-corrected chi connectivity index (χ3v) is 4.94. The van der Waals surface area contributed by atoms with Gasteiger partial charge >= 0.3 is 0 Å². The predicted molar refractivity (Wildman–Crippen MR) is 116 cm³/mol. The van der Waals surface area contributed by atoms with Crippen molar-refractivity contribution in [2.45, 2.75) is 18.6 Å². The Hall–Kier alpha value is -3.39. The smallest absolute Gasteiger partial charge is 0.262 e. The molecule has 2 N–H and O–H groups in total. The molecule has 0 saturated carbocycles. The quantitative estimate of drug-likeness (QED) is 0.356. The van der Waals surface area contributed by atoms with E-state index < -0.39 is 0 Å². The number of aromatic nitrogens is 2. The van der Waals surface area contributed by atoms with Crippen LogP contribution in [0.3, 0.4) is 0 Å². The van der Waals surface area contributed by atoms with Crippen LogP contribution in [0.4, 0.5) is 11.4 Å². The van der Waals surface area contributed by atoms with Gasteiger partial charge in [0.25, 0.3) is 5.56 Å². The number of hydrogen-bond donors (Lipinski definition) is 2. The second-order valence-electron chi connectivity index (χ2n) is 6.21. The maximum absolute atomic E-state index is 12.7. The van der Waals surface area contributed by atoms with Crippen molar-refractivity contribution in [3.05, 3.63) is 71.5 Å². The Bertz CT molecular complexity index is 1120. The summed E-state index contributed by atoms with van der Waals surface area (Å²) in [6.45, 7) is 5.43. The molecule has 0 aliphatic carbocycles. The lowest BCUT2D eigenvalue weighted by Gasteiger charge is -2.11. The normalized spacial score (nSPS) is 10.5. The largest absolute Gasteiger partial charge is 0.326 e. The van der Waals surface area contributed by atoms with Gasteiger partial charge in [-0.1, -0.05) is 30.0 Å². The van der Waals surface area contributed by atoms with Gasteiger partial charge < -0.3 is 10.6 Å². The number of allylic oxidation sites excluding steroid dienone is 1. The van der Waals surface area contributed by atoms with E-state index in [1.54, 1.807) is 48.5 Å². The van der Waals surface area contributed by atoms with Crippen LogP contribution in [-0.2, 0) is 16.1 Å². The number of carbonyl (C=O) groups is 2. The lowest BCUT2D eigenvalue weighted by atomic mass is 10.2. The number of rotatable bonds is 7. The van der Waals surface area contributed by atoms with Gasteiger partial charge in [0, 0.05) is 24.8 Å². The lowest BCUT2D eigenvalue weighted by Crippen LogP contribution is -2.23. The fourth-order valence-electron chi connectivity index (χ4n) is 2.72. The maximum atomic E-state index is 12.7. The van der Waals surface area contributed by atoms with Crippen LogP contribution in [0.15, 0.2) is 71.1 Å². The molecule has 0 atom stereocenters. The Labute approximate surface area is 171 Å². The summed E-state index contributed by atoms with van der Waals surface area (Å²) in [5.74, 6) is -0.295. The van der Waals surface area contributed by atoms with Gasteiger partial charge in [0.2, 0.25) is 11.8 Å². The topological polar surface area (TPSA) is 93.1 Å². The standard InChI is InChI=1S/C21H20N4O3S/c1-3-12-25-20(28)17-6-4-5-7-18(17)24-21(25)29-13-19(27)23-16-10-8-15(9-11-16)22-14(2)26/h3-11H,1,12-13H2,2H3,(H,22,26)(H,23,27). The van der Waals surface area contributed by atoms with Crippen LogP contribution in [0.2, 0.25) is 0 Å². The average Bonchev–Trinajstić information content (AvgIpc) is 2.70. The van der Waals surface area contributed by atoms with E-state index in [1.807, 2.05) is 6.07 Å².